The number of aromatic nitrogens is 2. The number of benzene rings is 3. The second kappa shape index (κ2) is 8.80. The number of hydrogen-bond donors (Lipinski definition) is 6. The number of hydrogen-bond acceptors (Lipinski definition) is 6. The molecule has 0 unspecified atom stereocenters. The van der Waals surface area contributed by atoms with Crippen molar-refractivity contribution in [1.29, 1.82) is 0 Å². The molecule has 0 saturated carbocycles. The summed E-state index contributed by atoms with van der Waals surface area (Å²) in [6.45, 7) is 0. The van der Waals surface area contributed by atoms with E-state index in [1.54, 1.807) is 37.4 Å². The van der Waals surface area contributed by atoms with Gasteiger partial charge in [0.2, 0.25) is 0 Å². The number of azo groups is 1. The SMILES string of the molecule is COc1ccc(-c2[nH][nH]c3c4cccc(NC(=O)N=NC(=O)c5cc(O)cc(O)c5)c4c(O)c2-3)cc1. The molecule has 180 valence electrons. The van der Waals surface area contributed by atoms with E-state index in [4.69, 9.17) is 4.74 Å². The Morgan fingerprint density at radius 2 is 1.58 bits per heavy atom. The lowest BCUT2D eigenvalue weighted by Crippen LogP contribution is -2.06. The fraction of sp³-hybridized carbons (Fsp3) is 0.0400. The van der Waals surface area contributed by atoms with Crippen molar-refractivity contribution in [3.8, 4) is 45.5 Å². The molecule has 1 aliphatic heterocycles. The van der Waals surface area contributed by atoms with Gasteiger partial charge in [-0.3, -0.25) is 15.0 Å². The number of rotatable bonds is 4. The number of H-pyrrole nitrogens is 2. The number of phenols is 2. The lowest BCUT2D eigenvalue weighted by atomic mass is 10.1. The Morgan fingerprint density at radius 1 is 0.889 bits per heavy atom. The van der Waals surface area contributed by atoms with Crippen LogP contribution in [0.25, 0.3) is 33.3 Å². The number of carbonyl (C=O) groups is 2. The van der Waals surface area contributed by atoms with Gasteiger partial charge in [0.15, 0.2) is 0 Å². The van der Waals surface area contributed by atoms with Crippen LogP contribution in [0.3, 0.4) is 0 Å². The number of fused-ring (bicyclic) bond motifs is 3. The molecule has 0 aromatic heterocycles. The standard InChI is InChI=1S/C25H19N5O6/c1-36-16-7-5-12(6-8-16)21-20-22(28-27-21)17-3-2-4-18(19(17)23(20)33)26-25(35)30-29-24(34)13-9-14(31)11-15(32)10-13/h2-11,27-28,31-33H,1H3,(H,26,35). The highest BCUT2D eigenvalue weighted by molar-refractivity contribution is 6.16. The van der Waals surface area contributed by atoms with Crippen molar-refractivity contribution in [3.63, 3.8) is 0 Å². The highest BCUT2D eigenvalue weighted by atomic mass is 16.5. The predicted molar refractivity (Wildman–Crippen MR) is 131 cm³/mol. The van der Waals surface area contributed by atoms with E-state index in [0.717, 1.165) is 23.8 Å². The largest absolute Gasteiger partial charge is 0.508 e. The summed E-state index contributed by atoms with van der Waals surface area (Å²) in [6.07, 6.45) is 0. The minimum absolute atomic E-state index is 0.0533. The summed E-state index contributed by atoms with van der Waals surface area (Å²) in [7, 11) is 1.58. The fourth-order valence-electron chi connectivity index (χ4n) is 4.04. The third-order valence-corrected chi connectivity index (χ3v) is 5.62. The van der Waals surface area contributed by atoms with Gasteiger partial charge in [0.05, 0.1) is 40.7 Å². The summed E-state index contributed by atoms with van der Waals surface area (Å²) in [5.74, 6) is -0.959. The van der Waals surface area contributed by atoms with Crippen molar-refractivity contribution < 1.29 is 29.6 Å². The van der Waals surface area contributed by atoms with E-state index < -0.39 is 11.9 Å². The molecule has 0 spiro atoms. The van der Waals surface area contributed by atoms with Gasteiger partial charge in [0.25, 0.3) is 5.91 Å². The van der Waals surface area contributed by atoms with Crippen LogP contribution in [-0.2, 0) is 0 Å². The normalized spacial score (nSPS) is 11.4. The average Bonchev–Trinajstić information content (AvgIpc) is 3.42. The molecule has 2 aliphatic rings. The second-order valence-corrected chi connectivity index (χ2v) is 7.85. The first-order valence-corrected chi connectivity index (χ1v) is 10.6. The third kappa shape index (κ3) is 3.94. The highest BCUT2D eigenvalue weighted by Crippen LogP contribution is 2.50. The van der Waals surface area contributed by atoms with Crippen LogP contribution in [0.5, 0.6) is 23.0 Å². The van der Waals surface area contributed by atoms with Crippen LogP contribution >= 0.6 is 0 Å². The topological polar surface area (TPSA) is 172 Å². The Labute approximate surface area is 203 Å². The molecule has 1 heterocycles. The van der Waals surface area contributed by atoms with Gasteiger partial charge in [-0.05, 0) is 42.5 Å². The van der Waals surface area contributed by atoms with Crippen molar-refractivity contribution in [2.24, 2.45) is 10.2 Å². The molecule has 0 saturated heterocycles. The van der Waals surface area contributed by atoms with E-state index in [0.29, 0.717) is 33.5 Å². The number of aromatic amines is 2. The Morgan fingerprint density at radius 3 is 2.28 bits per heavy atom. The van der Waals surface area contributed by atoms with Crippen LogP contribution in [-0.4, -0.2) is 44.6 Å². The average molecular weight is 485 g/mol. The van der Waals surface area contributed by atoms with E-state index in [-0.39, 0.29) is 28.5 Å². The molecular formula is C25H19N5O6. The first kappa shape index (κ1) is 22.5. The van der Waals surface area contributed by atoms with Gasteiger partial charge in [0, 0.05) is 17.0 Å². The van der Waals surface area contributed by atoms with Crippen LogP contribution in [0.15, 0.2) is 70.9 Å². The minimum Gasteiger partial charge on any atom is -0.508 e. The van der Waals surface area contributed by atoms with E-state index >= 15 is 0 Å². The number of nitrogens with zero attached hydrogens (tertiary/aromatic N) is 2. The third-order valence-electron chi connectivity index (χ3n) is 5.62. The number of aromatic hydroxyl groups is 3. The van der Waals surface area contributed by atoms with Gasteiger partial charge in [-0.15, -0.1) is 5.11 Å². The molecular weight excluding hydrogens is 466 g/mol. The van der Waals surface area contributed by atoms with Crippen LogP contribution in [0.4, 0.5) is 10.5 Å². The Hall–Kier alpha value is -5.32. The van der Waals surface area contributed by atoms with Crippen LogP contribution < -0.4 is 10.1 Å². The van der Waals surface area contributed by atoms with Crippen molar-refractivity contribution >= 4 is 28.4 Å². The number of urea groups is 1. The van der Waals surface area contributed by atoms with E-state index in [1.807, 2.05) is 12.1 Å². The summed E-state index contributed by atoms with van der Waals surface area (Å²) >= 11 is 0. The molecule has 0 atom stereocenters. The first-order chi connectivity index (χ1) is 17.4. The molecule has 3 amide bonds. The zero-order valence-corrected chi connectivity index (χ0v) is 18.7. The smallest absolute Gasteiger partial charge is 0.364 e. The maximum atomic E-state index is 12.4. The van der Waals surface area contributed by atoms with Gasteiger partial charge in [-0.1, -0.05) is 17.2 Å². The first-order valence-electron chi connectivity index (χ1n) is 10.6. The Kier molecular flexibility index (Phi) is 5.49. The fourth-order valence-corrected chi connectivity index (χ4v) is 4.04. The minimum atomic E-state index is -0.952. The molecule has 3 aromatic rings. The van der Waals surface area contributed by atoms with Gasteiger partial charge >= 0.3 is 6.03 Å². The molecule has 3 aromatic carbocycles. The molecule has 11 heteroatoms. The van der Waals surface area contributed by atoms with Gasteiger partial charge < -0.3 is 25.4 Å². The molecule has 0 radical (unpaired) electrons. The molecule has 11 nitrogen and oxygen atoms in total. The van der Waals surface area contributed by atoms with Crippen LogP contribution in [0.2, 0.25) is 0 Å². The maximum absolute atomic E-state index is 12.4. The van der Waals surface area contributed by atoms with E-state index in [9.17, 15) is 24.9 Å². The summed E-state index contributed by atoms with van der Waals surface area (Å²) in [6, 6.07) is 14.6. The van der Waals surface area contributed by atoms with Gasteiger partial charge in [0.1, 0.15) is 23.0 Å². The maximum Gasteiger partial charge on any atom is 0.364 e. The zero-order valence-electron chi connectivity index (χ0n) is 18.7. The zero-order chi connectivity index (χ0) is 25.4. The molecule has 36 heavy (non-hydrogen) atoms. The monoisotopic (exact) mass is 485 g/mol. The number of ether oxygens (including phenoxy) is 1. The summed E-state index contributed by atoms with van der Waals surface area (Å²) < 4.78 is 5.20. The number of carbonyl (C=O) groups excluding carboxylic acids is 2. The summed E-state index contributed by atoms with van der Waals surface area (Å²) in [4.78, 5) is 24.6. The van der Waals surface area contributed by atoms with Crippen molar-refractivity contribution in [2.45, 2.75) is 0 Å². The number of nitrogens with one attached hydrogen (secondary N) is 3. The number of amides is 3. The van der Waals surface area contributed by atoms with E-state index in [2.05, 4.69) is 25.7 Å². The number of methoxy groups -OCH3 is 1. The molecule has 0 fully saturated rings. The predicted octanol–water partition coefficient (Wildman–Crippen LogP) is 5.22. The number of anilines is 1. The van der Waals surface area contributed by atoms with Crippen molar-refractivity contribution in [1.82, 2.24) is 10.2 Å². The molecule has 5 rings (SSSR count). The van der Waals surface area contributed by atoms with Crippen LogP contribution in [0.1, 0.15) is 10.4 Å². The lowest BCUT2D eigenvalue weighted by molar-refractivity contribution is 0.0993. The summed E-state index contributed by atoms with van der Waals surface area (Å²) in [5, 5.41) is 46.6. The molecule has 0 bridgehead atoms. The quantitative estimate of drug-likeness (QED) is 0.190. The second-order valence-electron chi connectivity index (χ2n) is 7.85. The summed E-state index contributed by atoms with van der Waals surface area (Å²) in [5.41, 5.74) is 2.77. The number of phenolic OH excluding ortho intramolecular Hbond substituents is 2. The van der Waals surface area contributed by atoms with Gasteiger partial charge in [-0.2, -0.15) is 0 Å². The van der Waals surface area contributed by atoms with E-state index in [1.165, 1.54) is 0 Å². The highest BCUT2D eigenvalue weighted by Gasteiger charge is 2.26. The van der Waals surface area contributed by atoms with Crippen molar-refractivity contribution in [2.75, 3.05) is 12.4 Å². The molecule has 6 N–H and O–H groups in total. The Balaban J connectivity index is 1.45. The molecule has 1 aliphatic carbocycles. The van der Waals surface area contributed by atoms with Crippen molar-refractivity contribution in [3.05, 3.63) is 66.2 Å². The van der Waals surface area contributed by atoms with Gasteiger partial charge in [-0.25, -0.2) is 4.79 Å². The Bertz CT molecular complexity index is 1600. The lowest BCUT2D eigenvalue weighted by Gasteiger charge is -2.05. The van der Waals surface area contributed by atoms with Crippen LogP contribution in [0, 0.1) is 0 Å².